The zero-order valence-electron chi connectivity index (χ0n) is 9.97. The van der Waals surface area contributed by atoms with Crippen LogP contribution in [0.1, 0.15) is 13.8 Å². The molecule has 0 fully saturated rings. The van der Waals surface area contributed by atoms with Crippen LogP contribution >= 0.6 is 0 Å². The van der Waals surface area contributed by atoms with Crippen molar-refractivity contribution in [3.63, 3.8) is 0 Å². The van der Waals surface area contributed by atoms with Crippen LogP contribution in [0.3, 0.4) is 0 Å². The molecule has 0 saturated carbocycles. The maximum atomic E-state index is 11.9. The van der Waals surface area contributed by atoms with E-state index >= 15 is 0 Å². The van der Waals surface area contributed by atoms with E-state index in [4.69, 9.17) is 4.74 Å². The van der Waals surface area contributed by atoms with Crippen molar-refractivity contribution in [2.45, 2.75) is 19.1 Å². The van der Waals surface area contributed by atoms with Gasteiger partial charge < -0.3 is 4.74 Å². The number of hydrogen-bond donors (Lipinski definition) is 0. The van der Waals surface area contributed by atoms with Crippen LogP contribution in [0.25, 0.3) is 0 Å². The fraction of sp³-hybridized carbons (Fsp3) is 0.455. The van der Waals surface area contributed by atoms with E-state index in [1.807, 2.05) is 0 Å². The predicted octanol–water partition coefficient (Wildman–Crippen LogP) is 1.87. The lowest BCUT2D eigenvalue weighted by Gasteiger charge is -2.22. The van der Waals surface area contributed by atoms with Crippen molar-refractivity contribution in [3.05, 3.63) is 24.3 Å². The van der Waals surface area contributed by atoms with Crippen molar-refractivity contribution in [1.82, 2.24) is 0 Å². The summed E-state index contributed by atoms with van der Waals surface area (Å²) in [5.41, 5.74) is 0.605. The van der Waals surface area contributed by atoms with Crippen molar-refractivity contribution in [2.75, 3.05) is 18.5 Å². The van der Waals surface area contributed by atoms with Gasteiger partial charge in [-0.3, -0.25) is 4.31 Å². The van der Waals surface area contributed by atoms with Gasteiger partial charge in [-0.1, -0.05) is 6.07 Å². The fourth-order valence-corrected chi connectivity index (χ4v) is 2.31. The number of methoxy groups -OCH3 is 1. The predicted molar refractivity (Wildman–Crippen MR) is 65.5 cm³/mol. The molecular formula is C11H17NO3S. The van der Waals surface area contributed by atoms with Gasteiger partial charge in [0.15, 0.2) is 0 Å². The van der Waals surface area contributed by atoms with E-state index in [2.05, 4.69) is 0 Å². The van der Waals surface area contributed by atoms with E-state index in [9.17, 15) is 8.42 Å². The monoisotopic (exact) mass is 243 g/mol. The molecule has 0 unspecified atom stereocenters. The molecule has 0 N–H and O–H groups in total. The van der Waals surface area contributed by atoms with Gasteiger partial charge in [0.2, 0.25) is 10.0 Å². The molecule has 16 heavy (non-hydrogen) atoms. The van der Waals surface area contributed by atoms with Gasteiger partial charge in [0, 0.05) is 13.1 Å². The van der Waals surface area contributed by atoms with Gasteiger partial charge in [-0.2, -0.15) is 0 Å². The summed E-state index contributed by atoms with van der Waals surface area (Å²) >= 11 is 0. The second kappa shape index (κ2) is 4.74. The van der Waals surface area contributed by atoms with Crippen molar-refractivity contribution < 1.29 is 13.2 Å². The summed E-state index contributed by atoms with van der Waals surface area (Å²) in [5.74, 6) is 0.642. The van der Waals surface area contributed by atoms with Gasteiger partial charge in [-0.15, -0.1) is 0 Å². The molecule has 0 radical (unpaired) electrons. The Bertz CT molecular complexity index is 454. The number of ether oxygens (including phenoxy) is 1. The van der Waals surface area contributed by atoms with Crippen molar-refractivity contribution in [3.8, 4) is 5.75 Å². The minimum Gasteiger partial charge on any atom is -0.497 e. The molecule has 0 atom stereocenters. The zero-order chi connectivity index (χ0) is 12.3. The van der Waals surface area contributed by atoms with Crippen LogP contribution in [0.4, 0.5) is 5.69 Å². The molecule has 0 amide bonds. The Kier molecular flexibility index (Phi) is 3.80. The number of hydrogen-bond acceptors (Lipinski definition) is 3. The summed E-state index contributed by atoms with van der Waals surface area (Å²) in [5, 5.41) is -0.441. The van der Waals surface area contributed by atoms with Crippen molar-refractivity contribution >= 4 is 15.7 Å². The zero-order valence-corrected chi connectivity index (χ0v) is 10.8. The number of rotatable bonds is 4. The average molecular weight is 243 g/mol. The first kappa shape index (κ1) is 12.8. The van der Waals surface area contributed by atoms with Gasteiger partial charge >= 0.3 is 0 Å². The summed E-state index contributed by atoms with van der Waals surface area (Å²) in [4.78, 5) is 0. The molecule has 0 saturated heterocycles. The van der Waals surface area contributed by atoms with Crippen LogP contribution in [-0.4, -0.2) is 27.8 Å². The smallest absolute Gasteiger partial charge is 0.237 e. The maximum Gasteiger partial charge on any atom is 0.237 e. The lowest BCUT2D eigenvalue weighted by molar-refractivity contribution is 0.415. The molecule has 0 bridgehead atoms. The molecule has 1 rings (SSSR count). The minimum atomic E-state index is -3.28. The first-order valence-electron chi connectivity index (χ1n) is 5.01. The number of benzene rings is 1. The first-order valence-corrected chi connectivity index (χ1v) is 6.51. The highest BCUT2D eigenvalue weighted by Gasteiger charge is 2.22. The fourth-order valence-electron chi connectivity index (χ4n) is 1.27. The lowest BCUT2D eigenvalue weighted by atomic mass is 10.3. The maximum absolute atomic E-state index is 11.9. The van der Waals surface area contributed by atoms with Crippen LogP contribution in [0.15, 0.2) is 24.3 Å². The average Bonchev–Trinajstić information content (AvgIpc) is 2.27. The molecular weight excluding hydrogens is 226 g/mol. The Morgan fingerprint density at radius 1 is 1.31 bits per heavy atom. The normalized spacial score (nSPS) is 11.6. The highest BCUT2D eigenvalue weighted by Crippen LogP contribution is 2.23. The summed E-state index contributed by atoms with van der Waals surface area (Å²) in [7, 11) is -0.180. The molecule has 0 aliphatic heterocycles. The first-order chi connectivity index (χ1) is 7.39. The topological polar surface area (TPSA) is 46.6 Å². The van der Waals surface area contributed by atoms with Gasteiger partial charge in [0.25, 0.3) is 0 Å². The summed E-state index contributed by atoms with van der Waals surface area (Å²) in [6.07, 6.45) is 0. The van der Waals surface area contributed by atoms with E-state index in [-0.39, 0.29) is 0 Å². The Morgan fingerprint density at radius 3 is 2.44 bits per heavy atom. The van der Waals surface area contributed by atoms with Crippen LogP contribution in [0.5, 0.6) is 5.75 Å². The number of nitrogens with zero attached hydrogens (tertiary/aromatic N) is 1. The minimum absolute atomic E-state index is 0.441. The largest absolute Gasteiger partial charge is 0.497 e. The number of sulfonamides is 1. The third kappa shape index (κ3) is 2.47. The van der Waals surface area contributed by atoms with Gasteiger partial charge in [-0.25, -0.2) is 8.42 Å². The van der Waals surface area contributed by atoms with E-state index in [1.54, 1.807) is 52.3 Å². The standard InChI is InChI=1S/C11H17NO3S/c1-9(2)16(13,14)12(3)10-6-5-7-11(8-10)15-4/h5-9H,1-4H3. The van der Waals surface area contributed by atoms with Crippen molar-refractivity contribution in [1.29, 1.82) is 0 Å². The Labute approximate surface area is 96.9 Å². The summed E-state index contributed by atoms with van der Waals surface area (Å²) in [6.45, 7) is 3.32. The SMILES string of the molecule is COc1cccc(N(C)S(=O)(=O)C(C)C)c1. The van der Waals surface area contributed by atoms with Gasteiger partial charge in [0.1, 0.15) is 5.75 Å². The third-order valence-corrected chi connectivity index (χ3v) is 4.56. The molecule has 1 aromatic rings. The van der Waals surface area contributed by atoms with Crippen LogP contribution < -0.4 is 9.04 Å². The molecule has 1 aromatic carbocycles. The highest BCUT2D eigenvalue weighted by molar-refractivity contribution is 7.93. The second-order valence-electron chi connectivity index (χ2n) is 3.76. The van der Waals surface area contributed by atoms with Crippen LogP contribution in [-0.2, 0) is 10.0 Å². The van der Waals surface area contributed by atoms with Gasteiger partial charge in [0.05, 0.1) is 18.0 Å². The van der Waals surface area contributed by atoms with E-state index < -0.39 is 15.3 Å². The Hall–Kier alpha value is -1.23. The van der Waals surface area contributed by atoms with Crippen LogP contribution in [0.2, 0.25) is 0 Å². The lowest BCUT2D eigenvalue weighted by Crippen LogP contribution is -2.32. The second-order valence-corrected chi connectivity index (χ2v) is 6.28. The molecule has 0 aliphatic carbocycles. The summed E-state index contributed by atoms with van der Waals surface area (Å²) < 4.78 is 30.2. The molecule has 0 aromatic heterocycles. The van der Waals surface area contributed by atoms with E-state index in [1.165, 1.54) is 4.31 Å². The molecule has 90 valence electrons. The molecule has 0 heterocycles. The molecule has 0 spiro atoms. The van der Waals surface area contributed by atoms with E-state index in [0.717, 1.165) is 0 Å². The van der Waals surface area contributed by atoms with Crippen LogP contribution in [0, 0.1) is 0 Å². The molecule has 4 nitrogen and oxygen atoms in total. The molecule has 5 heteroatoms. The van der Waals surface area contributed by atoms with Gasteiger partial charge in [-0.05, 0) is 26.0 Å². The van der Waals surface area contributed by atoms with Crippen molar-refractivity contribution in [2.24, 2.45) is 0 Å². The third-order valence-electron chi connectivity index (χ3n) is 2.39. The highest BCUT2D eigenvalue weighted by atomic mass is 32.2. The Balaban J connectivity index is 3.10. The van der Waals surface area contributed by atoms with E-state index in [0.29, 0.717) is 11.4 Å². The molecule has 0 aliphatic rings. The number of anilines is 1. The quantitative estimate of drug-likeness (QED) is 0.811. The summed E-state index contributed by atoms with van der Waals surface area (Å²) in [6, 6.07) is 6.97. The Morgan fingerprint density at radius 2 is 1.94 bits per heavy atom.